The Morgan fingerprint density at radius 2 is 2.05 bits per heavy atom. The summed E-state index contributed by atoms with van der Waals surface area (Å²) in [6, 6.07) is 5.97. The summed E-state index contributed by atoms with van der Waals surface area (Å²) in [6.07, 6.45) is 2.96. The van der Waals surface area contributed by atoms with Gasteiger partial charge in [-0.15, -0.1) is 0 Å². The third kappa shape index (κ3) is 4.08. The maximum Gasteiger partial charge on any atom is 0.224 e. The molecule has 0 aliphatic rings. The number of carbonyl (C=O) groups excluding carboxylic acids is 1. The third-order valence-electron chi connectivity index (χ3n) is 3.56. The van der Waals surface area contributed by atoms with E-state index in [1.54, 1.807) is 11.3 Å². The van der Waals surface area contributed by atoms with E-state index in [0.29, 0.717) is 6.42 Å². The van der Waals surface area contributed by atoms with Gasteiger partial charge in [-0.1, -0.05) is 31.5 Å². The summed E-state index contributed by atoms with van der Waals surface area (Å²) in [5.41, 5.74) is 4.29. The lowest BCUT2D eigenvalue weighted by molar-refractivity contribution is -0.116. The molecule has 2 rings (SSSR count). The van der Waals surface area contributed by atoms with E-state index in [1.165, 1.54) is 5.56 Å². The number of hydrogen-bond acceptors (Lipinski definition) is 2. The van der Waals surface area contributed by atoms with E-state index in [2.05, 4.69) is 30.6 Å². The molecule has 0 aliphatic carbocycles. The summed E-state index contributed by atoms with van der Waals surface area (Å²) < 4.78 is 0. The zero-order valence-electron chi connectivity index (χ0n) is 12.4. The van der Waals surface area contributed by atoms with Crippen molar-refractivity contribution in [3.63, 3.8) is 0 Å². The molecule has 4 heteroatoms. The van der Waals surface area contributed by atoms with E-state index in [-0.39, 0.29) is 5.91 Å². The molecule has 1 heterocycles. The van der Waals surface area contributed by atoms with Crippen molar-refractivity contribution in [3.8, 4) is 0 Å². The first-order valence-electron chi connectivity index (χ1n) is 7.26. The van der Waals surface area contributed by atoms with Gasteiger partial charge in [0.05, 0.1) is 0 Å². The monoisotopic (exact) mass is 321 g/mol. The van der Waals surface area contributed by atoms with Crippen LogP contribution in [0.15, 0.2) is 29.0 Å². The first kappa shape index (κ1) is 16.1. The van der Waals surface area contributed by atoms with Crippen LogP contribution in [-0.2, 0) is 24.1 Å². The topological polar surface area (TPSA) is 29.1 Å². The lowest BCUT2D eigenvalue weighted by atomic mass is 10.0. The molecule has 112 valence electrons. The fraction of sp³-hybridized carbons (Fsp3) is 0.353. The van der Waals surface area contributed by atoms with Gasteiger partial charge in [0, 0.05) is 17.1 Å². The summed E-state index contributed by atoms with van der Waals surface area (Å²) in [6.45, 7) is 4.14. The van der Waals surface area contributed by atoms with Crippen LogP contribution >= 0.6 is 22.9 Å². The van der Waals surface area contributed by atoms with Crippen LogP contribution in [-0.4, -0.2) is 5.91 Å². The number of thiophene rings is 1. The van der Waals surface area contributed by atoms with Gasteiger partial charge in [-0.05, 0) is 58.8 Å². The predicted molar refractivity (Wildman–Crippen MR) is 91.5 cm³/mol. The highest BCUT2D eigenvalue weighted by Gasteiger charge is 2.13. The van der Waals surface area contributed by atoms with Gasteiger partial charge in [0.25, 0.3) is 0 Å². The van der Waals surface area contributed by atoms with Crippen molar-refractivity contribution in [2.45, 2.75) is 39.5 Å². The van der Waals surface area contributed by atoms with Crippen LogP contribution in [0.5, 0.6) is 0 Å². The summed E-state index contributed by atoms with van der Waals surface area (Å²) in [7, 11) is 0. The van der Waals surface area contributed by atoms with Crippen LogP contribution in [0.4, 0.5) is 5.69 Å². The van der Waals surface area contributed by atoms with Crippen molar-refractivity contribution in [1.29, 1.82) is 0 Å². The van der Waals surface area contributed by atoms with E-state index in [9.17, 15) is 4.79 Å². The second-order valence-corrected chi connectivity index (χ2v) is 6.13. The quantitative estimate of drug-likeness (QED) is 0.788. The molecule has 1 N–H and O–H groups in total. The molecule has 0 fully saturated rings. The number of anilines is 1. The molecule has 2 nitrogen and oxygen atoms in total. The van der Waals surface area contributed by atoms with Crippen LogP contribution in [0.3, 0.4) is 0 Å². The Hall–Kier alpha value is -1.32. The predicted octanol–water partition coefficient (Wildman–Crippen LogP) is 5.10. The van der Waals surface area contributed by atoms with Gasteiger partial charge in [-0.2, -0.15) is 11.3 Å². The third-order valence-corrected chi connectivity index (χ3v) is 4.65. The highest BCUT2D eigenvalue weighted by atomic mass is 35.5. The van der Waals surface area contributed by atoms with Gasteiger partial charge in [0.2, 0.25) is 5.91 Å². The van der Waals surface area contributed by atoms with E-state index < -0.39 is 0 Å². The molecule has 0 saturated heterocycles. The van der Waals surface area contributed by atoms with Gasteiger partial charge < -0.3 is 5.32 Å². The Morgan fingerprint density at radius 3 is 2.67 bits per heavy atom. The number of halogens is 1. The second-order valence-electron chi connectivity index (χ2n) is 4.95. The number of aryl methyl sites for hydroxylation is 2. The van der Waals surface area contributed by atoms with E-state index in [0.717, 1.165) is 41.1 Å². The molecule has 0 spiro atoms. The van der Waals surface area contributed by atoms with E-state index in [1.807, 2.05) is 17.5 Å². The first-order valence-corrected chi connectivity index (χ1v) is 8.59. The summed E-state index contributed by atoms with van der Waals surface area (Å²) in [5, 5.41) is 7.91. The summed E-state index contributed by atoms with van der Waals surface area (Å²) in [4.78, 5) is 12.2. The molecule has 0 bridgehead atoms. The van der Waals surface area contributed by atoms with Crippen LogP contribution in [0.25, 0.3) is 0 Å². The second kappa shape index (κ2) is 7.62. The minimum Gasteiger partial charge on any atom is -0.326 e. The molecule has 0 unspecified atom stereocenters. The summed E-state index contributed by atoms with van der Waals surface area (Å²) >= 11 is 7.91. The van der Waals surface area contributed by atoms with Crippen LogP contribution < -0.4 is 5.32 Å². The maximum absolute atomic E-state index is 12.2. The van der Waals surface area contributed by atoms with Gasteiger partial charge in [-0.3, -0.25) is 4.79 Å². The number of nitrogens with one attached hydrogen (secondary N) is 1. The maximum atomic E-state index is 12.2. The van der Waals surface area contributed by atoms with Crippen molar-refractivity contribution < 1.29 is 4.79 Å². The molecule has 0 saturated carbocycles. The van der Waals surface area contributed by atoms with Crippen molar-refractivity contribution in [1.82, 2.24) is 0 Å². The molecule has 0 radical (unpaired) electrons. The summed E-state index contributed by atoms with van der Waals surface area (Å²) in [5.74, 6) is 0.0490. The SMILES string of the molecule is CCc1ccc(Cl)c(CC)c1NC(=O)CCc1ccsc1. The molecule has 2 aromatic rings. The minimum absolute atomic E-state index is 0.0490. The normalized spacial score (nSPS) is 10.6. The Morgan fingerprint density at radius 1 is 1.24 bits per heavy atom. The zero-order valence-corrected chi connectivity index (χ0v) is 14.0. The number of carbonyl (C=O) groups is 1. The average molecular weight is 322 g/mol. The minimum atomic E-state index is 0.0490. The standard InChI is InChI=1S/C17H20ClNOS/c1-3-13-6-7-15(18)14(4-2)17(13)19-16(20)8-5-12-9-10-21-11-12/h6-7,9-11H,3-5,8H2,1-2H3,(H,19,20). The highest BCUT2D eigenvalue weighted by molar-refractivity contribution is 7.07. The number of benzene rings is 1. The fourth-order valence-electron chi connectivity index (χ4n) is 2.36. The molecule has 1 amide bonds. The van der Waals surface area contributed by atoms with Gasteiger partial charge >= 0.3 is 0 Å². The smallest absolute Gasteiger partial charge is 0.224 e. The Labute approximate surface area is 135 Å². The van der Waals surface area contributed by atoms with Crippen molar-refractivity contribution in [2.75, 3.05) is 5.32 Å². The first-order chi connectivity index (χ1) is 10.2. The fourth-order valence-corrected chi connectivity index (χ4v) is 3.36. The molecular formula is C17H20ClNOS. The molecule has 0 atom stereocenters. The van der Waals surface area contributed by atoms with Gasteiger partial charge in [0.15, 0.2) is 0 Å². The van der Waals surface area contributed by atoms with Crippen LogP contribution in [0.2, 0.25) is 5.02 Å². The van der Waals surface area contributed by atoms with Crippen LogP contribution in [0.1, 0.15) is 37.0 Å². The number of amides is 1. The van der Waals surface area contributed by atoms with Crippen molar-refractivity contribution in [2.24, 2.45) is 0 Å². The lowest BCUT2D eigenvalue weighted by Crippen LogP contribution is -2.15. The Bertz CT molecular complexity index is 608. The number of hydrogen-bond donors (Lipinski definition) is 1. The zero-order chi connectivity index (χ0) is 15.2. The van der Waals surface area contributed by atoms with Gasteiger partial charge in [-0.25, -0.2) is 0 Å². The lowest BCUT2D eigenvalue weighted by Gasteiger charge is -2.16. The molecule has 1 aromatic heterocycles. The Kier molecular flexibility index (Phi) is 5.83. The van der Waals surface area contributed by atoms with Crippen molar-refractivity contribution >= 4 is 34.5 Å². The average Bonchev–Trinajstić information content (AvgIpc) is 2.99. The highest BCUT2D eigenvalue weighted by Crippen LogP contribution is 2.29. The largest absolute Gasteiger partial charge is 0.326 e. The molecular weight excluding hydrogens is 302 g/mol. The van der Waals surface area contributed by atoms with Crippen molar-refractivity contribution in [3.05, 3.63) is 50.7 Å². The van der Waals surface area contributed by atoms with E-state index in [4.69, 9.17) is 11.6 Å². The Balaban J connectivity index is 2.10. The molecule has 21 heavy (non-hydrogen) atoms. The molecule has 1 aromatic carbocycles. The van der Waals surface area contributed by atoms with Crippen LogP contribution in [0, 0.1) is 0 Å². The van der Waals surface area contributed by atoms with E-state index >= 15 is 0 Å². The molecule has 0 aliphatic heterocycles. The van der Waals surface area contributed by atoms with Gasteiger partial charge in [0.1, 0.15) is 0 Å². The number of rotatable bonds is 6.